The summed E-state index contributed by atoms with van der Waals surface area (Å²) in [7, 11) is 0. The number of nitrogens with zero attached hydrogens (tertiary/aromatic N) is 2. The zero-order chi connectivity index (χ0) is 13.8. The van der Waals surface area contributed by atoms with Crippen LogP contribution in [0.15, 0.2) is 35.0 Å². The van der Waals surface area contributed by atoms with Gasteiger partial charge in [-0.1, -0.05) is 29.6 Å². The maximum absolute atomic E-state index is 4.24. The molecule has 0 saturated carbocycles. The van der Waals surface area contributed by atoms with E-state index in [0.29, 0.717) is 0 Å². The van der Waals surface area contributed by atoms with Crippen LogP contribution in [0.3, 0.4) is 0 Å². The molecule has 1 unspecified atom stereocenters. The van der Waals surface area contributed by atoms with Crippen molar-refractivity contribution in [1.82, 2.24) is 14.9 Å². The largest absolute Gasteiger partial charge is 0.308 e. The number of fused-ring (bicyclic) bond motifs is 1. The zero-order valence-electron chi connectivity index (χ0n) is 11.4. The van der Waals surface area contributed by atoms with Crippen molar-refractivity contribution in [2.24, 2.45) is 0 Å². The first-order valence-corrected chi connectivity index (χ1v) is 8.55. The summed E-state index contributed by atoms with van der Waals surface area (Å²) in [5.74, 6) is 0. The van der Waals surface area contributed by atoms with E-state index >= 15 is 0 Å². The lowest BCUT2D eigenvalue weighted by Gasteiger charge is -2.15. The lowest BCUT2D eigenvalue weighted by atomic mass is 10.0. The average molecular weight is 303 g/mol. The molecule has 2 aromatic heterocycles. The molecular weight excluding hydrogens is 286 g/mol. The quantitative estimate of drug-likeness (QED) is 0.747. The molecule has 0 aliphatic carbocycles. The summed E-state index contributed by atoms with van der Waals surface area (Å²) in [5.41, 5.74) is 2.45. The van der Waals surface area contributed by atoms with Crippen molar-refractivity contribution >= 4 is 33.0 Å². The van der Waals surface area contributed by atoms with Crippen LogP contribution in [0.5, 0.6) is 0 Å². The fourth-order valence-electron chi connectivity index (χ4n) is 2.33. The highest BCUT2D eigenvalue weighted by Crippen LogP contribution is 2.29. The predicted octanol–water partition coefficient (Wildman–Crippen LogP) is 4.04. The Morgan fingerprint density at radius 1 is 1.25 bits per heavy atom. The molecule has 1 aromatic carbocycles. The van der Waals surface area contributed by atoms with E-state index in [1.807, 2.05) is 16.7 Å². The third kappa shape index (κ3) is 2.90. The molecule has 0 saturated heterocycles. The van der Waals surface area contributed by atoms with Gasteiger partial charge in [0.1, 0.15) is 0 Å². The summed E-state index contributed by atoms with van der Waals surface area (Å²) in [4.78, 5) is 0. The lowest BCUT2D eigenvalue weighted by molar-refractivity contribution is 0.518. The van der Waals surface area contributed by atoms with Crippen molar-refractivity contribution < 1.29 is 0 Å². The van der Waals surface area contributed by atoms with Crippen LogP contribution in [0.2, 0.25) is 0 Å². The Balaban J connectivity index is 1.85. The van der Waals surface area contributed by atoms with Crippen molar-refractivity contribution in [3.8, 4) is 0 Å². The molecule has 0 fully saturated rings. The summed E-state index contributed by atoms with van der Waals surface area (Å²) in [6.07, 6.45) is 2.09. The van der Waals surface area contributed by atoms with E-state index in [1.54, 1.807) is 0 Å². The van der Waals surface area contributed by atoms with Gasteiger partial charge in [-0.2, -0.15) is 0 Å². The van der Waals surface area contributed by atoms with Crippen molar-refractivity contribution in [3.05, 3.63) is 46.3 Å². The van der Waals surface area contributed by atoms with Crippen LogP contribution in [-0.2, 0) is 6.42 Å². The van der Waals surface area contributed by atoms with Gasteiger partial charge in [-0.05, 0) is 53.3 Å². The van der Waals surface area contributed by atoms with Crippen LogP contribution in [0.25, 0.3) is 10.1 Å². The lowest BCUT2D eigenvalue weighted by Crippen LogP contribution is -2.24. The van der Waals surface area contributed by atoms with Crippen molar-refractivity contribution in [2.45, 2.75) is 25.8 Å². The van der Waals surface area contributed by atoms with Crippen molar-refractivity contribution in [3.63, 3.8) is 0 Å². The van der Waals surface area contributed by atoms with Crippen LogP contribution < -0.4 is 5.32 Å². The van der Waals surface area contributed by atoms with Gasteiger partial charge in [0.2, 0.25) is 0 Å². The molecule has 1 N–H and O–H groups in total. The first-order valence-electron chi connectivity index (χ1n) is 6.84. The smallest absolute Gasteiger partial charge is 0.0928 e. The predicted molar refractivity (Wildman–Crippen MR) is 86.5 cm³/mol. The Morgan fingerprint density at radius 2 is 2.15 bits per heavy atom. The summed E-state index contributed by atoms with van der Waals surface area (Å²) in [6, 6.07) is 8.85. The molecular formula is C15H17N3S2. The maximum Gasteiger partial charge on any atom is 0.0928 e. The number of nitrogens with one attached hydrogen (secondary N) is 1. The van der Waals surface area contributed by atoms with Crippen LogP contribution in [0, 0.1) is 0 Å². The molecule has 0 radical (unpaired) electrons. The molecule has 2 heterocycles. The van der Waals surface area contributed by atoms with Crippen LogP contribution in [-0.4, -0.2) is 16.1 Å². The van der Waals surface area contributed by atoms with E-state index < -0.39 is 0 Å². The number of hydrogen-bond donors (Lipinski definition) is 1. The number of benzene rings is 1. The van der Waals surface area contributed by atoms with E-state index in [0.717, 1.165) is 25.1 Å². The molecule has 0 bridgehead atoms. The van der Waals surface area contributed by atoms with Gasteiger partial charge in [0.25, 0.3) is 0 Å². The van der Waals surface area contributed by atoms with Gasteiger partial charge in [0, 0.05) is 10.1 Å². The summed E-state index contributed by atoms with van der Waals surface area (Å²) >= 11 is 3.23. The van der Waals surface area contributed by atoms with E-state index in [-0.39, 0.29) is 6.04 Å². The van der Waals surface area contributed by atoms with E-state index in [4.69, 9.17) is 0 Å². The van der Waals surface area contributed by atoms with Gasteiger partial charge in [-0.3, -0.25) is 0 Å². The Bertz CT molecular complexity index is 661. The first-order chi connectivity index (χ1) is 9.88. The van der Waals surface area contributed by atoms with Gasteiger partial charge < -0.3 is 5.32 Å². The second-order valence-corrected chi connectivity index (χ2v) is 6.32. The minimum absolute atomic E-state index is 0.256. The third-order valence-electron chi connectivity index (χ3n) is 3.36. The van der Waals surface area contributed by atoms with Gasteiger partial charge >= 0.3 is 0 Å². The molecule has 3 rings (SSSR count). The number of thiophene rings is 1. The minimum atomic E-state index is 0.256. The Labute approximate surface area is 126 Å². The highest BCUT2D eigenvalue weighted by molar-refractivity contribution is 7.17. The highest BCUT2D eigenvalue weighted by Gasteiger charge is 2.16. The van der Waals surface area contributed by atoms with Crippen molar-refractivity contribution in [1.29, 1.82) is 0 Å². The van der Waals surface area contributed by atoms with E-state index in [9.17, 15) is 0 Å². The molecule has 1 atom stereocenters. The fraction of sp³-hybridized carbons (Fsp3) is 0.333. The molecule has 3 aromatic rings. The molecule has 104 valence electrons. The molecule has 0 aliphatic rings. The van der Waals surface area contributed by atoms with Gasteiger partial charge in [-0.15, -0.1) is 16.4 Å². The average Bonchev–Trinajstić information content (AvgIpc) is 3.13. The zero-order valence-corrected chi connectivity index (χ0v) is 13.0. The maximum atomic E-state index is 4.24. The second-order valence-electron chi connectivity index (χ2n) is 4.80. The fourth-order valence-corrected chi connectivity index (χ4v) is 3.82. The van der Waals surface area contributed by atoms with Crippen LogP contribution in [0.4, 0.5) is 0 Å². The van der Waals surface area contributed by atoms with Gasteiger partial charge in [0.05, 0.1) is 11.7 Å². The van der Waals surface area contributed by atoms with Crippen LogP contribution >= 0.6 is 22.9 Å². The molecule has 20 heavy (non-hydrogen) atoms. The number of rotatable bonds is 6. The molecule has 0 amide bonds. The summed E-state index contributed by atoms with van der Waals surface area (Å²) in [6.45, 7) is 3.19. The Kier molecular flexibility index (Phi) is 4.40. The summed E-state index contributed by atoms with van der Waals surface area (Å²) in [5, 5.41) is 13.5. The number of hydrogen-bond acceptors (Lipinski definition) is 5. The van der Waals surface area contributed by atoms with Crippen molar-refractivity contribution in [2.75, 3.05) is 6.54 Å². The normalized spacial score (nSPS) is 12.8. The Morgan fingerprint density at radius 3 is 2.95 bits per heavy atom. The third-order valence-corrected chi connectivity index (χ3v) is 4.89. The topological polar surface area (TPSA) is 37.8 Å². The SMILES string of the molecule is CCCNC(Cc1csc2ccccc12)c1csnn1. The molecule has 0 aliphatic heterocycles. The molecule has 5 heteroatoms. The molecule has 3 nitrogen and oxygen atoms in total. The minimum Gasteiger partial charge on any atom is -0.308 e. The van der Waals surface area contributed by atoms with E-state index in [2.05, 4.69) is 51.5 Å². The first kappa shape index (κ1) is 13.7. The van der Waals surface area contributed by atoms with Gasteiger partial charge in [0.15, 0.2) is 0 Å². The number of aromatic nitrogens is 2. The van der Waals surface area contributed by atoms with Crippen LogP contribution in [0.1, 0.15) is 30.6 Å². The standard InChI is InChI=1S/C15H17N3S2/c1-2-7-16-13(14-10-20-18-17-14)8-11-9-19-15-6-4-3-5-12(11)15/h3-6,9-10,13,16H,2,7-8H2,1H3. The molecule has 0 spiro atoms. The van der Waals surface area contributed by atoms with E-state index in [1.165, 1.54) is 27.2 Å². The second kappa shape index (κ2) is 6.43. The monoisotopic (exact) mass is 303 g/mol. The summed E-state index contributed by atoms with van der Waals surface area (Å²) < 4.78 is 5.35. The highest BCUT2D eigenvalue weighted by atomic mass is 32.1. The van der Waals surface area contributed by atoms with Gasteiger partial charge in [-0.25, -0.2) is 0 Å². The Hall–Kier alpha value is -1.30.